The summed E-state index contributed by atoms with van der Waals surface area (Å²) in [5.41, 5.74) is 1.12. The van der Waals surface area contributed by atoms with E-state index < -0.39 is 11.8 Å². The fraction of sp³-hybridized carbons (Fsp3) is 0.533. The second-order valence-electron chi connectivity index (χ2n) is 5.72. The molecule has 1 atom stereocenters. The highest BCUT2D eigenvalue weighted by atomic mass is 19.3. The Labute approximate surface area is 116 Å². The zero-order valence-corrected chi connectivity index (χ0v) is 11.3. The smallest absolute Gasteiger partial charge is 0.252 e. The van der Waals surface area contributed by atoms with Crippen LogP contribution in [-0.2, 0) is 4.79 Å². The van der Waals surface area contributed by atoms with Gasteiger partial charge in [0.2, 0.25) is 5.91 Å². The zero-order valence-electron chi connectivity index (χ0n) is 11.3. The Hall–Kier alpha value is -1.65. The lowest BCUT2D eigenvalue weighted by molar-refractivity contribution is -0.141. The molecular weight excluding hydrogens is 264 g/mol. The normalized spacial score (nSPS) is 24.1. The molecule has 0 N–H and O–H groups in total. The van der Waals surface area contributed by atoms with Crippen LogP contribution in [0.3, 0.4) is 0 Å². The van der Waals surface area contributed by atoms with E-state index in [9.17, 15) is 13.6 Å². The van der Waals surface area contributed by atoms with E-state index in [1.54, 1.807) is 4.90 Å². The minimum absolute atomic E-state index is 0.0273. The molecule has 1 heterocycles. The Balaban J connectivity index is 1.43. The predicted octanol–water partition coefficient (Wildman–Crippen LogP) is 2.63. The predicted molar refractivity (Wildman–Crippen MR) is 69.8 cm³/mol. The lowest BCUT2D eigenvalue weighted by Gasteiger charge is -2.39. The molecule has 0 radical (unpaired) electrons. The fourth-order valence-electron chi connectivity index (χ4n) is 2.43. The van der Waals surface area contributed by atoms with Gasteiger partial charge in [0.15, 0.2) is 0 Å². The largest absolute Gasteiger partial charge is 0.487 e. The second-order valence-corrected chi connectivity index (χ2v) is 5.72. The Morgan fingerprint density at radius 3 is 2.75 bits per heavy atom. The zero-order chi connectivity index (χ0) is 14.3. The molecule has 0 spiro atoms. The van der Waals surface area contributed by atoms with Crippen molar-refractivity contribution in [2.24, 2.45) is 5.92 Å². The molecule has 0 aromatic heterocycles. The summed E-state index contributed by atoms with van der Waals surface area (Å²) in [5.74, 6) is -2.75. The number of amides is 1. The van der Waals surface area contributed by atoms with Crippen LogP contribution in [0.15, 0.2) is 24.3 Å². The fourth-order valence-corrected chi connectivity index (χ4v) is 2.43. The van der Waals surface area contributed by atoms with Crippen molar-refractivity contribution in [1.29, 1.82) is 0 Å². The van der Waals surface area contributed by atoms with Crippen molar-refractivity contribution in [3.63, 3.8) is 0 Å². The molecule has 1 aliphatic heterocycles. The van der Waals surface area contributed by atoms with E-state index in [4.69, 9.17) is 4.74 Å². The van der Waals surface area contributed by atoms with Crippen LogP contribution >= 0.6 is 0 Å². The van der Waals surface area contributed by atoms with Gasteiger partial charge in [-0.1, -0.05) is 12.1 Å². The lowest BCUT2D eigenvalue weighted by Crippen LogP contribution is -2.56. The summed E-state index contributed by atoms with van der Waals surface area (Å²) >= 11 is 0. The number of hydrogen-bond donors (Lipinski definition) is 0. The lowest BCUT2D eigenvalue weighted by atomic mass is 10.1. The monoisotopic (exact) mass is 281 g/mol. The highest BCUT2D eigenvalue weighted by Gasteiger charge is 2.57. The van der Waals surface area contributed by atoms with Gasteiger partial charge in [-0.3, -0.25) is 4.79 Å². The molecule has 1 amide bonds. The van der Waals surface area contributed by atoms with E-state index in [0.717, 1.165) is 11.3 Å². The number of aryl methyl sites for hydroxylation is 1. The number of ether oxygens (including phenoxy) is 1. The average molecular weight is 281 g/mol. The minimum Gasteiger partial charge on any atom is -0.487 e. The first kappa shape index (κ1) is 13.3. The van der Waals surface area contributed by atoms with Gasteiger partial charge in [-0.25, -0.2) is 8.78 Å². The van der Waals surface area contributed by atoms with Gasteiger partial charge in [-0.2, -0.15) is 0 Å². The molecule has 1 unspecified atom stereocenters. The van der Waals surface area contributed by atoms with Gasteiger partial charge in [0, 0.05) is 18.8 Å². The third-order valence-electron chi connectivity index (χ3n) is 3.87. The molecule has 1 aliphatic carbocycles. The van der Waals surface area contributed by atoms with Gasteiger partial charge < -0.3 is 9.64 Å². The molecule has 0 bridgehead atoms. The maximum absolute atomic E-state index is 12.7. The molecule has 1 saturated heterocycles. The van der Waals surface area contributed by atoms with E-state index in [-0.39, 0.29) is 24.9 Å². The van der Waals surface area contributed by atoms with Crippen LogP contribution in [-0.4, -0.2) is 35.9 Å². The molecule has 108 valence electrons. The van der Waals surface area contributed by atoms with Gasteiger partial charge in [0.1, 0.15) is 11.9 Å². The number of benzene rings is 1. The van der Waals surface area contributed by atoms with Crippen LogP contribution in [0.4, 0.5) is 8.78 Å². The molecule has 1 saturated carbocycles. The summed E-state index contributed by atoms with van der Waals surface area (Å²) in [6.45, 7) is 2.97. The first-order valence-electron chi connectivity index (χ1n) is 6.83. The topological polar surface area (TPSA) is 29.5 Å². The van der Waals surface area contributed by atoms with Crippen molar-refractivity contribution < 1.29 is 18.3 Å². The maximum atomic E-state index is 12.7. The maximum Gasteiger partial charge on any atom is 0.252 e. The summed E-state index contributed by atoms with van der Waals surface area (Å²) < 4.78 is 31.2. The number of halogens is 2. The van der Waals surface area contributed by atoms with Crippen molar-refractivity contribution in [3.8, 4) is 5.75 Å². The highest BCUT2D eigenvalue weighted by molar-refractivity contribution is 5.78. The number of alkyl halides is 2. The van der Waals surface area contributed by atoms with Crippen molar-refractivity contribution in [3.05, 3.63) is 29.8 Å². The van der Waals surface area contributed by atoms with Crippen molar-refractivity contribution in [1.82, 2.24) is 4.90 Å². The van der Waals surface area contributed by atoms with Crippen LogP contribution in [0.5, 0.6) is 5.75 Å². The molecule has 3 rings (SSSR count). The number of nitrogens with zero attached hydrogens (tertiary/aromatic N) is 1. The van der Waals surface area contributed by atoms with Crippen LogP contribution in [0.25, 0.3) is 0 Å². The third-order valence-corrected chi connectivity index (χ3v) is 3.87. The van der Waals surface area contributed by atoms with Crippen LogP contribution in [0.1, 0.15) is 18.4 Å². The Morgan fingerprint density at radius 2 is 2.15 bits per heavy atom. The number of hydrogen-bond acceptors (Lipinski definition) is 2. The van der Waals surface area contributed by atoms with Crippen LogP contribution in [0, 0.1) is 12.8 Å². The molecule has 1 aromatic rings. The van der Waals surface area contributed by atoms with Crippen molar-refractivity contribution >= 4 is 5.91 Å². The molecule has 2 aliphatic rings. The van der Waals surface area contributed by atoms with E-state index in [2.05, 4.69) is 0 Å². The summed E-state index contributed by atoms with van der Waals surface area (Å²) in [6.07, 6.45) is -0.208. The highest BCUT2D eigenvalue weighted by Crippen LogP contribution is 2.50. The molecule has 3 nitrogen and oxygen atoms in total. The van der Waals surface area contributed by atoms with E-state index >= 15 is 0 Å². The van der Waals surface area contributed by atoms with Gasteiger partial charge in [0.25, 0.3) is 5.92 Å². The van der Waals surface area contributed by atoms with Crippen LogP contribution < -0.4 is 4.74 Å². The second kappa shape index (κ2) is 4.72. The molecule has 5 heteroatoms. The molecular formula is C15H17F2NO2. The first-order valence-corrected chi connectivity index (χ1v) is 6.83. The number of carbonyl (C=O) groups is 1. The molecule has 2 fully saturated rings. The summed E-state index contributed by atoms with van der Waals surface area (Å²) in [6, 6.07) is 7.72. The Bertz CT molecular complexity index is 526. The summed E-state index contributed by atoms with van der Waals surface area (Å²) in [4.78, 5) is 13.3. The molecule has 20 heavy (non-hydrogen) atoms. The average Bonchev–Trinajstić information content (AvgIpc) is 2.90. The summed E-state index contributed by atoms with van der Waals surface area (Å²) in [5, 5.41) is 0. The third kappa shape index (κ3) is 2.76. The molecule has 1 aromatic carbocycles. The van der Waals surface area contributed by atoms with Crippen molar-refractivity contribution in [2.75, 3.05) is 13.1 Å². The van der Waals surface area contributed by atoms with E-state index in [0.29, 0.717) is 13.1 Å². The minimum atomic E-state index is -2.61. The number of rotatable bonds is 4. The first-order chi connectivity index (χ1) is 9.44. The van der Waals surface area contributed by atoms with Gasteiger partial charge in [-0.05, 0) is 24.6 Å². The van der Waals surface area contributed by atoms with Crippen LogP contribution in [0.2, 0.25) is 0 Å². The van der Waals surface area contributed by atoms with E-state index in [1.807, 2.05) is 31.2 Å². The quantitative estimate of drug-likeness (QED) is 0.849. The van der Waals surface area contributed by atoms with Gasteiger partial charge in [-0.15, -0.1) is 0 Å². The summed E-state index contributed by atoms with van der Waals surface area (Å²) in [7, 11) is 0. The number of carbonyl (C=O) groups excluding carboxylic acids is 1. The van der Waals surface area contributed by atoms with E-state index in [1.165, 1.54) is 0 Å². The van der Waals surface area contributed by atoms with Gasteiger partial charge >= 0.3 is 0 Å². The Morgan fingerprint density at radius 1 is 1.45 bits per heavy atom. The van der Waals surface area contributed by atoms with Crippen molar-refractivity contribution in [2.45, 2.75) is 31.8 Å². The number of likely N-dealkylation sites (tertiary alicyclic amines) is 1. The Kier molecular flexibility index (Phi) is 3.15. The van der Waals surface area contributed by atoms with Gasteiger partial charge in [0.05, 0.1) is 13.1 Å². The standard InChI is InChI=1S/C15H17F2NO2/c1-10-3-2-4-12(5-10)20-13-8-18(9-13)14(19)6-11-7-15(11,16)17/h2-5,11,13H,6-9H2,1H3. The SMILES string of the molecule is Cc1cccc(OC2CN(C(=O)CC3CC3(F)F)C2)c1.